The third-order valence-corrected chi connectivity index (χ3v) is 4.20. The monoisotopic (exact) mass is 434 g/mol. The van der Waals surface area contributed by atoms with E-state index in [9.17, 15) is 9.59 Å². The Morgan fingerprint density at radius 3 is 2.35 bits per heavy atom. The molecule has 0 aliphatic carbocycles. The van der Waals surface area contributed by atoms with Crippen molar-refractivity contribution in [1.82, 2.24) is 31.1 Å². The Kier molecular flexibility index (Phi) is 9.07. The van der Waals surface area contributed by atoms with Crippen LogP contribution in [0.15, 0.2) is 24.4 Å². The quantitative estimate of drug-likeness (QED) is 0.312. The molecule has 11 heteroatoms. The predicted molar refractivity (Wildman–Crippen MR) is 112 cm³/mol. The molecule has 0 radical (unpaired) electrons. The number of benzene rings is 1. The largest absolute Gasteiger partial charge is 0.491 e. The Balaban J connectivity index is 2.08. The molecule has 0 aliphatic rings. The van der Waals surface area contributed by atoms with Gasteiger partial charge in [-0.05, 0) is 38.3 Å². The van der Waals surface area contributed by atoms with Crippen LogP contribution in [0.3, 0.4) is 0 Å². The molecule has 170 valence electrons. The van der Waals surface area contributed by atoms with E-state index >= 15 is 0 Å². The summed E-state index contributed by atoms with van der Waals surface area (Å²) in [5.41, 5.74) is 2.68. The lowest BCUT2D eigenvalue weighted by atomic mass is 10.0. The summed E-state index contributed by atoms with van der Waals surface area (Å²) in [6.45, 7) is 8.63. The number of amides is 3. The smallest absolute Gasteiger partial charge is 0.315 e. The maximum absolute atomic E-state index is 12.2. The van der Waals surface area contributed by atoms with E-state index in [4.69, 9.17) is 14.7 Å². The van der Waals surface area contributed by atoms with Crippen molar-refractivity contribution < 1.29 is 24.3 Å². The molecular weight excluding hydrogens is 404 g/mol. The highest BCUT2D eigenvalue weighted by Gasteiger charge is 2.22. The molecule has 0 fully saturated rings. The second kappa shape index (κ2) is 11.7. The average molecular weight is 434 g/mol. The van der Waals surface area contributed by atoms with E-state index in [-0.39, 0.29) is 12.5 Å². The van der Waals surface area contributed by atoms with Crippen molar-refractivity contribution in [3.05, 3.63) is 30.1 Å². The second-order valence-electron chi connectivity index (χ2n) is 7.11. The number of carbonyl (C=O) groups is 2. The minimum atomic E-state index is -0.854. The van der Waals surface area contributed by atoms with Crippen LogP contribution in [0.4, 0.5) is 4.79 Å². The first-order valence-electron chi connectivity index (χ1n) is 10.2. The molecule has 1 aromatic heterocycles. The molecular formula is C20H30N6O5. The number of carbonyl (C=O) groups excluding carboxylic acids is 2. The van der Waals surface area contributed by atoms with Crippen molar-refractivity contribution in [2.45, 2.75) is 46.7 Å². The number of hydroxylamine groups is 1. The van der Waals surface area contributed by atoms with Crippen molar-refractivity contribution >= 4 is 11.9 Å². The van der Waals surface area contributed by atoms with Crippen molar-refractivity contribution in [2.75, 3.05) is 13.2 Å². The zero-order valence-electron chi connectivity index (χ0n) is 18.2. The van der Waals surface area contributed by atoms with Gasteiger partial charge in [-0.25, -0.2) is 15.0 Å². The Morgan fingerprint density at radius 2 is 1.81 bits per heavy atom. The van der Waals surface area contributed by atoms with Crippen LogP contribution >= 0.6 is 0 Å². The third kappa shape index (κ3) is 6.85. The fourth-order valence-corrected chi connectivity index (χ4v) is 2.92. The number of aromatic nitrogens is 3. The lowest BCUT2D eigenvalue weighted by Crippen LogP contribution is -2.49. The molecule has 0 bridgehead atoms. The first-order chi connectivity index (χ1) is 14.9. The fourth-order valence-electron chi connectivity index (χ4n) is 2.92. The van der Waals surface area contributed by atoms with E-state index in [2.05, 4.69) is 20.9 Å². The van der Waals surface area contributed by atoms with Gasteiger partial charge in [-0.3, -0.25) is 10.0 Å². The Labute approximate surface area is 181 Å². The molecule has 2 rings (SSSR count). The molecule has 1 heterocycles. The van der Waals surface area contributed by atoms with Crippen LogP contribution < -0.4 is 25.6 Å². The normalized spacial score (nSPS) is 11.7. The Bertz CT molecular complexity index is 845. The summed E-state index contributed by atoms with van der Waals surface area (Å²) >= 11 is 0. The molecule has 2 aromatic rings. The molecule has 0 saturated heterocycles. The first-order valence-corrected chi connectivity index (χ1v) is 10.2. The molecule has 4 N–H and O–H groups in total. The molecule has 11 nitrogen and oxygen atoms in total. The van der Waals surface area contributed by atoms with Crippen LogP contribution in [0.5, 0.6) is 11.5 Å². The van der Waals surface area contributed by atoms with Gasteiger partial charge in [0, 0.05) is 0 Å². The minimum Gasteiger partial charge on any atom is -0.491 e. The van der Waals surface area contributed by atoms with Gasteiger partial charge in [0.2, 0.25) is 0 Å². The van der Waals surface area contributed by atoms with Crippen molar-refractivity contribution in [1.29, 1.82) is 0 Å². The standard InChI is InChI=1S/C20H30N6O5/c1-5-30-16-8-7-9-17(31-6-2)18(16)26-12-14(23-25-26)11-21-20(28)22-15(10-13(3)4)19(27)24-29/h7-9,12-13,15,29H,5-6,10-11H2,1-4H3,(H,24,27)(H2,21,22,28)/t15-/m0/s1. The zero-order valence-corrected chi connectivity index (χ0v) is 18.2. The summed E-state index contributed by atoms with van der Waals surface area (Å²) in [7, 11) is 0. The summed E-state index contributed by atoms with van der Waals surface area (Å²) in [6.07, 6.45) is 2.04. The summed E-state index contributed by atoms with van der Waals surface area (Å²) in [4.78, 5) is 23.9. The lowest BCUT2D eigenvalue weighted by Gasteiger charge is -2.18. The van der Waals surface area contributed by atoms with E-state index in [1.165, 1.54) is 4.68 Å². The van der Waals surface area contributed by atoms with Crippen LogP contribution in [0.25, 0.3) is 5.69 Å². The van der Waals surface area contributed by atoms with Gasteiger partial charge >= 0.3 is 6.03 Å². The molecule has 0 saturated carbocycles. The summed E-state index contributed by atoms with van der Waals surface area (Å²) in [6, 6.07) is 4.05. The van der Waals surface area contributed by atoms with Crippen LogP contribution in [0.2, 0.25) is 0 Å². The number of urea groups is 1. The number of ether oxygens (including phenoxy) is 2. The summed E-state index contributed by atoms with van der Waals surface area (Å²) < 4.78 is 12.9. The van der Waals surface area contributed by atoms with E-state index in [0.29, 0.717) is 42.5 Å². The van der Waals surface area contributed by atoms with E-state index < -0.39 is 18.0 Å². The van der Waals surface area contributed by atoms with Gasteiger partial charge in [-0.1, -0.05) is 25.1 Å². The summed E-state index contributed by atoms with van der Waals surface area (Å²) in [5, 5.41) is 22.3. The SMILES string of the molecule is CCOc1cccc(OCC)c1-n1cc(CNC(=O)N[C@@H](CC(C)C)C(=O)NO)nn1. The first kappa shape index (κ1) is 23.9. The Morgan fingerprint density at radius 1 is 1.16 bits per heavy atom. The highest BCUT2D eigenvalue weighted by molar-refractivity contribution is 5.86. The summed E-state index contributed by atoms with van der Waals surface area (Å²) in [5.74, 6) is 0.669. The number of nitrogens with one attached hydrogen (secondary N) is 3. The van der Waals surface area contributed by atoms with Gasteiger partial charge in [0.1, 0.15) is 23.2 Å². The Hall–Kier alpha value is -3.34. The minimum absolute atomic E-state index is 0.0851. The van der Waals surface area contributed by atoms with Crippen molar-refractivity contribution in [3.63, 3.8) is 0 Å². The topological polar surface area (TPSA) is 140 Å². The van der Waals surface area contributed by atoms with Gasteiger partial charge in [0.05, 0.1) is 26.0 Å². The van der Waals surface area contributed by atoms with Crippen molar-refractivity contribution in [2.24, 2.45) is 5.92 Å². The van der Waals surface area contributed by atoms with E-state index in [0.717, 1.165) is 0 Å². The second-order valence-corrected chi connectivity index (χ2v) is 7.11. The van der Waals surface area contributed by atoms with Crippen molar-refractivity contribution in [3.8, 4) is 17.2 Å². The molecule has 1 aromatic carbocycles. The van der Waals surface area contributed by atoms with Crippen LogP contribution in [0, 0.1) is 5.92 Å². The number of hydrogen-bond donors (Lipinski definition) is 4. The lowest BCUT2D eigenvalue weighted by molar-refractivity contribution is -0.131. The van der Waals surface area contributed by atoms with Crippen LogP contribution in [-0.4, -0.2) is 51.4 Å². The zero-order chi connectivity index (χ0) is 22.8. The third-order valence-electron chi connectivity index (χ3n) is 4.20. The average Bonchev–Trinajstić information content (AvgIpc) is 3.20. The molecule has 3 amide bonds. The van der Waals surface area contributed by atoms with Gasteiger partial charge in [0.25, 0.3) is 5.91 Å². The molecule has 31 heavy (non-hydrogen) atoms. The van der Waals surface area contributed by atoms with Gasteiger partial charge in [-0.2, -0.15) is 0 Å². The number of nitrogens with zero attached hydrogens (tertiary/aromatic N) is 3. The molecule has 0 aliphatic heterocycles. The van der Waals surface area contributed by atoms with Gasteiger partial charge in [0.15, 0.2) is 5.69 Å². The fraction of sp³-hybridized carbons (Fsp3) is 0.500. The predicted octanol–water partition coefficient (Wildman–Crippen LogP) is 1.78. The number of hydrogen-bond acceptors (Lipinski definition) is 7. The number of para-hydroxylation sites is 1. The van der Waals surface area contributed by atoms with Gasteiger partial charge < -0.3 is 20.1 Å². The highest BCUT2D eigenvalue weighted by Crippen LogP contribution is 2.32. The molecule has 1 atom stereocenters. The van der Waals surface area contributed by atoms with E-state index in [1.807, 2.05) is 45.9 Å². The van der Waals surface area contributed by atoms with Crippen LogP contribution in [0.1, 0.15) is 39.8 Å². The molecule has 0 spiro atoms. The van der Waals surface area contributed by atoms with Gasteiger partial charge in [-0.15, -0.1) is 5.10 Å². The highest BCUT2D eigenvalue weighted by atomic mass is 16.5. The maximum Gasteiger partial charge on any atom is 0.315 e. The number of rotatable bonds is 11. The maximum atomic E-state index is 12.2. The van der Waals surface area contributed by atoms with E-state index in [1.54, 1.807) is 11.7 Å². The van der Waals surface area contributed by atoms with Crippen LogP contribution in [-0.2, 0) is 11.3 Å². The molecule has 0 unspecified atom stereocenters.